The molecule has 0 N–H and O–H groups in total. The highest BCUT2D eigenvalue weighted by Gasteiger charge is 2.17. The lowest BCUT2D eigenvalue weighted by atomic mass is 9.90. The number of rotatable bonds is 3. The zero-order chi connectivity index (χ0) is 17.3. The Bertz CT molecular complexity index is 870. The van der Waals surface area contributed by atoms with Crippen LogP contribution in [0.4, 0.5) is 5.69 Å². The third kappa shape index (κ3) is 3.36. The Labute approximate surface area is 143 Å². The van der Waals surface area contributed by atoms with Crippen LogP contribution < -0.4 is 4.90 Å². The van der Waals surface area contributed by atoms with Gasteiger partial charge in [0, 0.05) is 24.6 Å². The Morgan fingerprint density at radius 3 is 2.21 bits per heavy atom. The quantitative estimate of drug-likeness (QED) is 0.860. The van der Waals surface area contributed by atoms with Crippen LogP contribution in [0.15, 0.2) is 47.4 Å². The monoisotopic (exact) mass is 343 g/mol. The maximum Gasteiger partial charge on any atom is 0.258 e. The number of benzene rings is 2. The molecule has 0 saturated heterocycles. The zero-order valence-electron chi connectivity index (χ0n) is 14.0. The fraction of sp³-hybridized carbons (Fsp3) is 0.316. The molecule has 1 aliphatic rings. The normalized spacial score (nSPS) is 14.1. The van der Waals surface area contributed by atoms with Crippen molar-refractivity contribution in [2.45, 2.75) is 30.6 Å². The summed E-state index contributed by atoms with van der Waals surface area (Å²) >= 11 is 0. The second kappa shape index (κ2) is 6.40. The first-order chi connectivity index (χ1) is 11.4. The van der Waals surface area contributed by atoms with Crippen LogP contribution in [0.1, 0.15) is 34.3 Å². The summed E-state index contributed by atoms with van der Waals surface area (Å²) in [5.41, 5.74) is 3.96. The number of aryl methyl sites for hydroxylation is 2. The van der Waals surface area contributed by atoms with E-state index in [1.54, 1.807) is 24.1 Å². The van der Waals surface area contributed by atoms with E-state index in [1.165, 1.54) is 42.4 Å². The zero-order valence-corrected chi connectivity index (χ0v) is 14.8. The molecule has 1 amide bonds. The van der Waals surface area contributed by atoms with E-state index in [0.29, 0.717) is 11.3 Å². The van der Waals surface area contributed by atoms with E-state index in [2.05, 4.69) is 6.07 Å². The lowest BCUT2D eigenvalue weighted by Gasteiger charge is -2.20. The third-order valence-corrected chi connectivity index (χ3v) is 5.68. The Morgan fingerprint density at radius 1 is 0.958 bits per heavy atom. The molecule has 2 aromatic carbocycles. The number of nitrogens with zero attached hydrogens (tertiary/aromatic N) is 1. The van der Waals surface area contributed by atoms with Crippen molar-refractivity contribution in [1.82, 2.24) is 0 Å². The maximum atomic E-state index is 12.7. The number of carbonyl (C=O) groups excluding carboxylic acids is 1. The van der Waals surface area contributed by atoms with Crippen molar-refractivity contribution >= 4 is 21.4 Å². The molecule has 3 rings (SSSR count). The van der Waals surface area contributed by atoms with Crippen LogP contribution in [0.25, 0.3) is 0 Å². The first kappa shape index (κ1) is 16.7. The Kier molecular flexibility index (Phi) is 4.45. The minimum atomic E-state index is -3.23. The van der Waals surface area contributed by atoms with E-state index in [0.717, 1.165) is 12.8 Å². The van der Waals surface area contributed by atoms with Crippen LogP contribution in [0.2, 0.25) is 0 Å². The second-order valence-corrected chi connectivity index (χ2v) is 8.34. The van der Waals surface area contributed by atoms with Gasteiger partial charge in [-0.2, -0.15) is 0 Å². The van der Waals surface area contributed by atoms with Crippen LogP contribution in [-0.2, 0) is 22.7 Å². The SMILES string of the molecule is CN(C(=O)c1ccc2c(c1)CCCC2)c1ccc(S(C)(=O)=O)cc1. The van der Waals surface area contributed by atoms with Gasteiger partial charge < -0.3 is 4.90 Å². The molecule has 0 fully saturated rings. The standard InChI is InChI=1S/C19H21NO3S/c1-20(17-9-11-18(12-10-17)24(2,22)23)19(21)16-8-7-14-5-3-4-6-15(14)13-16/h7-13H,3-6H2,1-2H3. The molecule has 2 aromatic rings. The van der Waals surface area contributed by atoms with Gasteiger partial charge in [0.05, 0.1) is 4.90 Å². The van der Waals surface area contributed by atoms with Crippen molar-refractivity contribution in [1.29, 1.82) is 0 Å². The average molecular weight is 343 g/mol. The molecule has 1 aliphatic carbocycles. The molecule has 0 unspecified atom stereocenters. The summed E-state index contributed by atoms with van der Waals surface area (Å²) in [4.78, 5) is 14.5. The summed E-state index contributed by atoms with van der Waals surface area (Å²) in [7, 11) is -1.53. The number of hydrogen-bond acceptors (Lipinski definition) is 3. The lowest BCUT2D eigenvalue weighted by molar-refractivity contribution is 0.0993. The van der Waals surface area contributed by atoms with Crippen molar-refractivity contribution in [2.75, 3.05) is 18.2 Å². The van der Waals surface area contributed by atoms with Crippen LogP contribution in [0.5, 0.6) is 0 Å². The Hall–Kier alpha value is -2.14. The molecular formula is C19H21NO3S. The van der Waals surface area contributed by atoms with E-state index in [1.807, 2.05) is 12.1 Å². The van der Waals surface area contributed by atoms with E-state index in [9.17, 15) is 13.2 Å². The van der Waals surface area contributed by atoms with Gasteiger partial charge in [-0.25, -0.2) is 8.42 Å². The highest BCUT2D eigenvalue weighted by molar-refractivity contribution is 7.90. The Morgan fingerprint density at radius 2 is 1.58 bits per heavy atom. The summed E-state index contributed by atoms with van der Waals surface area (Å²) in [6.45, 7) is 0. The van der Waals surface area contributed by atoms with Crippen molar-refractivity contribution in [3.63, 3.8) is 0 Å². The van der Waals surface area contributed by atoms with Crippen LogP contribution in [-0.4, -0.2) is 27.6 Å². The van der Waals surface area contributed by atoms with E-state index < -0.39 is 9.84 Å². The molecule has 24 heavy (non-hydrogen) atoms. The van der Waals surface area contributed by atoms with Gasteiger partial charge in [0.15, 0.2) is 9.84 Å². The predicted molar refractivity (Wildman–Crippen MR) is 95.4 cm³/mol. The number of anilines is 1. The molecule has 0 bridgehead atoms. The lowest BCUT2D eigenvalue weighted by Crippen LogP contribution is -2.26. The fourth-order valence-electron chi connectivity index (χ4n) is 3.09. The molecular weight excluding hydrogens is 322 g/mol. The first-order valence-electron chi connectivity index (χ1n) is 8.06. The Balaban J connectivity index is 1.84. The fourth-order valence-corrected chi connectivity index (χ4v) is 3.72. The van der Waals surface area contributed by atoms with Gasteiger partial charge >= 0.3 is 0 Å². The highest BCUT2D eigenvalue weighted by atomic mass is 32.2. The van der Waals surface area contributed by atoms with E-state index in [-0.39, 0.29) is 10.8 Å². The van der Waals surface area contributed by atoms with Gasteiger partial charge in [0.2, 0.25) is 0 Å². The summed E-state index contributed by atoms with van der Waals surface area (Å²) in [6.07, 6.45) is 5.68. The number of fused-ring (bicyclic) bond motifs is 1. The number of sulfone groups is 1. The van der Waals surface area contributed by atoms with Gasteiger partial charge in [-0.05, 0) is 73.2 Å². The van der Waals surface area contributed by atoms with E-state index in [4.69, 9.17) is 0 Å². The minimum Gasteiger partial charge on any atom is -0.311 e. The molecule has 0 aliphatic heterocycles. The van der Waals surface area contributed by atoms with Crippen molar-refractivity contribution < 1.29 is 13.2 Å². The molecule has 126 valence electrons. The smallest absolute Gasteiger partial charge is 0.258 e. The molecule has 0 atom stereocenters. The summed E-state index contributed by atoms with van der Waals surface area (Å²) in [5, 5.41) is 0. The highest BCUT2D eigenvalue weighted by Crippen LogP contribution is 2.24. The minimum absolute atomic E-state index is 0.0875. The van der Waals surface area contributed by atoms with Gasteiger partial charge in [-0.1, -0.05) is 6.07 Å². The molecule has 0 saturated carbocycles. The summed E-state index contributed by atoms with van der Waals surface area (Å²) in [5.74, 6) is -0.0875. The average Bonchev–Trinajstić information content (AvgIpc) is 2.59. The van der Waals surface area contributed by atoms with Crippen molar-refractivity contribution in [3.05, 3.63) is 59.2 Å². The van der Waals surface area contributed by atoms with Crippen LogP contribution >= 0.6 is 0 Å². The van der Waals surface area contributed by atoms with E-state index >= 15 is 0 Å². The second-order valence-electron chi connectivity index (χ2n) is 6.32. The largest absolute Gasteiger partial charge is 0.311 e. The topological polar surface area (TPSA) is 54.5 Å². The third-order valence-electron chi connectivity index (χ3n) is 4.55. The van der Waals surface area contributed by atoms with Gasteiger partial charge in [0.25, 0.3) is 5.91 Å². The molecule has 0 heterocycles. The first-order valence-corrected chi connectivity index (χ1v) is 9.95. The van der Waals surface area contributed by atoms with Gasteiger partial charge in [-0.3, -0.25) is 4.79 Å². The number of hydrogen-bond donors (Lipinski definition) is 0. The maximum absolute atomic E-state index is 12.7. The number of amides is 1. The molecule has 0 radical (unpaired) electrons. The van der Waals surface area contributed by atoms with Gasteiger partial charge in [0.1, 0.15) is 0 Å². The molecule has 4 nitrogen and oxygen atoms in total. The molecule has 5 heteroatoms. The summed E-state index contributed by atoms with van der Waals surface area (Å²) in [6, 6.07) is 12.3. The predicted octanol–water partition coefficient (Wildman–Crippen LogP) is 3.25. The van der Waals surface area contributed by atoms with Gasteiger partial charge in [-0.15, -0.1) is 0 Å². The van der Waals surface area contributed by atoms with Crippen molar-refractivity contribution in [2.24, 2.45) is 0 Å². The van der Waals surface area contributed by atoms with Crippen LogP contribution in [0, 0.1) is 0 Å². The van der Waals surface area contributed by atoms with Crippen molar-refractivity contribution in [3.8, 4) is 0 Å². The summed E-state index contributed by atoms with van der Waals surface area (Å²) < 4.78 is 23.1. The van der Waals surface area contributed by atoms with Crippen LogP contribution in [0.3, 0.4) is 0 Å². The molecule has 0 spiro atoms. The number of carbonyl (C=O) groups is 1. The molecule has 0 aromatic heterocycles.